The number of carbonyl (C=O) groups is 1. The second kappa shape index (κ2) is 7.09. The Balaban J connectivity index is 2.68. The Bertz CT molecular complexity index is 477. The summed E-state index contributed by atoms with van der Waals surface area (Å²) in [6.07, 6.45) is 1.79. The molecule has 0 spiro atoms. The van der Waals surface area contributed by atoms with Gasteiger partial charge in [0.2, 0.25) is 0 Å². The maximum Gasteiger partial charge on any atom is 0.272 e. The lowest BCUT2D eigenvalue weighted by Crippen LogP contribution is -2.29. The number of amides is 1. The van der Waals surface area contributed by atoms with Crippen molar-refractivity contribution in [3.05, 3.63) is 39.4 Å². The summed E-state index contributed by atoms with van der Waals surface area (Å²) >= 11 is 6.01. The third kappa shape index (κ3) is 4.52. The van der Waals surface area contributed by atoms with Crippen LogP contribution in [0.5, 0.6) is 0 Å². The highest BCUT2D eigenvalue weighted by molar-refractivity contribution is 6.20. The molecule has 0 aliphatic heterocycles. The molecule has 0 saturated heterocycles. The number of halogens is 1. The summed E-state index contributed by atoms with van der Waals surface area (Å²) in [6.45, 7) is 4.03. The Labute approximate surface area is 117 Å². The topological polar surface area (TPSA) is 72.2 Å². The summed E-state index contributed by atoms with van der Waals surface area (Å²) < 4.78 is 0. The standard InChI is InChI=1S/C13H17ClN2O3/c1-3-4-11(14)8-15-13(17)10-5-6-12(16(18)19)9(2)7-10/h5-7,11H,3-4,8H2,1-2H3,(H,15,17). The summed E-state index contributed by atoms with van der Waals surface area (Å²) in [5, 5.41) is 13.3. The molecular formula is C13H17ClN2O3. The number of nitrogens with zero attached hydrogens (tertiary/aromatic N) is 1. The zero-order chi connectivity index (χ0) is 14.4. The lowest BCUT2D eigenvalue weighted by atomic mass is 10.1. The van der Waals surface area contributed by atoms with E-state index < -0.39 is 4.92 Å². The first-order valence-corrected chi connectivity index (χ1v) is 6.56. The number of hydrogen-bond donors (Lipinski definition) is 1. The van der Waals surface area contributed by atoms with Gasteiger partial charge in [0, 0.05) is 23.7 Å². The van der Waals surface area contributed by atoms with E-state index in [9.17, 15) is 14.9 Å². The number of alkyl halides is 1. The van der Waals surface area contributed by atoms with Crippen LogP contribution >= 0.6 is 11.6 Å². The second-order valence-electron chi connectivity index (χ2n) is 4.35. The summed E-state index contributed by atoms with van der Waals surface area (Å²) in [6, 6.07) is 4.30. The maximum atomic E-state index is 11.8. The molecule has 6 heteroatoms. The molecule has 1 aromatic carbocycles. The van der Waals surface area contributed by atoms with Crippen LogP contribution in [0.1, 0.15) is 35.7 Å². The molecule has 1 unspecified atom stereocenters. The van der Waals surface area contributed by atoms with Gasteiger partial charge in [0.15, 0.2) is 0 Å². The number of hydrogen-bond acceptors (Lipinski definition) is 3. The fraction of sp³-hybridized carbons (Fsp3) is 0.462. The Morgan fingerprint density at radius 1 is 1.53 bits per heavy atom. The van der Waals surface area contributed by atoms with E-state index in [1.54, 1.807) is 6.92 Å². The molecule has 0 aliphatic carbocycles. The predicted molar refractivity (Wildman–Crippen MR) is 74.7 cm³/mol. The average molecular weight is 285 g/mol. The highest BCUT2D eigenvalue weighted by Crippen LogP contribution is 2.18. The predicted octanol–water partition coefficient (Wildman–Crippen LogP) is 3.04. The molecule has 1 N–H and O–H groups in total. The zero-order valence-corrected chi connectivity index (χ0v) is 11.7. The highest BCUT2D eigenvalue weighted by Gasteiger charge is 2.14. The van der Waals surface area contributed by atoms with Gasteiger partial charge < -0.3 is 5.32 Å². The van der Waals surface area contributed by atoms with E-state index in [0.29, 0.717) is 17.7 Å². The maximum absolute atomic E-state index is 11.8. The minimum atomic E-state index is -0.465. The SMILES string of the molecule is CCCC(Cl)CNC(=O)c1ccc([N+](=O)[O-])c(C)c1. The molecule has 1 aromatic rings. The third-order valence-electron chi connectivity index (χ3n) is 2.74. The highest BCUT2D eigenvalue weighted by atomic mass is 35.5. The fourth-order valence-electron chi connectivity index (χ4n) is 1.72. The van der Waals surface area contributed by atoms with Gasteiger partial charge in [-0.05, 0) is 25.5 Å². The van der Waals surface area contributed by atoms with E-state index >= 15 is 0 Å². The molecule has 5 nitrogen and oxygen atoms in total. The number of nitro benzene ring substituents is 1. The molecule has 0 aliphatic rings. The molecule has 1 amide bonds. The second-order valence-corrected chi connectivity index (χ2v) is 4.97. The Hall–Kier alpha value is -1.62. The van der Waals surface area contributed by atoms with Crippen LogP contribution in [-0.2, 0) is 0 Å². The third-order valence-corrected chi connectivity index (χ3v) is 3.11. The van der Waals surface area contributed by atoms with Gasteiger partial charge in [-0.2, -0.15) is 0 Å². The number of nitro groups is 1. The number of carbonyl (C=O) groups excluding carboxylic acids is 1. The average Bonchev–Trinajstić information content (AvgIpc) is 2.35. The lowest BCUT2D eigenvalue weighted by Gasteiger charge is -2.10. The van der Waals surface area contributed by atoms with E-state index in [-0.39, 0.29) is 17.0 Å². The molecule has 0 fully saturated rings. The minimum absolute atomic E-state index is 0.0118. The van der Waals surface area contributed by atoms with Crippen molar-refractivity contribution in [2.45, 2.75) is 32.1 Å². The first-order chi connectivity index (χ1) is 8.95. The molecule has 1 atom stereocenters. The van der Waals surface area contributed by atoms with Crippen LogP contribution in [0, 0.1) is 17.0 Å². The number of aryl methyl sites for hydroxylation is 1. The van der Waals surface area contributed by atoms with Gasteiger partial charge in [0.25, 0.3) is 11.6 Å². The largest absolute Gasteiger partial charge is 0.351 e. The van der Waals surface area contributed by atoms with Crippen LogP contribution in [-0.4, -0.2) is 22.8 Å². The molecule has 0 radical (unpaired) electrons. The summed E-state index contributed by atoms with van der Waals surface area (Å²) in [5.41, 5.74) is 0.884. The molecule has 0 saturated carbocycles. The number of rotatable bonds is 6. The molecule has 0 heterocycles. The molecular weight excluding hydrogens is 268 g/mol. The van der Waals surface area contributed by atoms with Crippen molar-refractivity contribution in [3.63, 3.8) is 0 Å². The summed E-state index contributed by atoms with van der Waals surface area (Å²) in [5.74, 6) is -0.264. The molecule has 104 valence electrons. The van der Waals surface area contributed by atoms with Crippen LogP contribution in [0.25, 0.3) is 0 Å². The quantitative estimate of drug-likeness (QED) is 0.496. The van der Waals surface area contributed by atoms with Crippen molar-refractivity contribution in [1.82, 2.24) is 5.32 Å². The van der Waals surface area contributed by atoms with Crippen LogP contribution in [0.2, 0.25) is 0 Å². The van der Waals surface area contributed by atoms with Crippen LogP contribution in [0.3, 0.4) is 0 Å². The van der Waals surface area contributed by atoms with E-state index in [2.05, 4.69) is 5.32 Å². The Morgan fingerprint density at radius 3 is 2.74 bits per heavy atom. The number of benzene rings is 1. The van der Waals surface area contributed by atoms with Crippen molar-refractivity contribution >= 4 is 23.2 Å². The van der Waals surface area contributed by atoms with Gasteiger partial charge in [0.05, 0.1) is 10.3 Å². The van der Waals surface area contributed by atoms with E-state index in [0.717, 1.165) is 12.8 Å². The first-order valence-electron chi connectivity index (χ1n) is 6.13. The van der Waals surface area contributed by atoms with Gasteiger partial charge in [-0.25, -0.2) is 0 Å². The van der Waals surface area contributed by atoms with Crippen molar-refractivity contribution in [2.24, 2.45) is 0 Å². The van der Waals surface area contributed by atoms with Crippen molar-refractivity contribution in [3.8, 4) is 0 Å². The van der Waals surface area contributed by atoms with Crippen LogP contribution in [0.15, 0.2) is 18.2 Å². The molecule has 1 rings (SSSR count). The zero-order valence-electron chi connectivity index (χ0n) is 11.0. The van der Waals surface area contributed by atoms with E-state index in [1.165, 1.54) is 18.2 Å². The lowest BCUT2D eigenvalue weighted by molar-refractivity contribution is -0.385. The van der Waals surface area contributed by atoms with Gasteiger partial charge in [-0.15, -0.1) is 11.6 Å². The van der Waals surface area contributed by atoms with Crippen LogP contribution in [0.4, 0.5) is 5.69 Å². The monoisotopic (exact) mass is 284 g/mol. The van der Waals surface area contributed by atoms with E-state index in [4.69, 9.17) is 11.6 Å². The molecule has 19 heavy (non-hydrogen) atoms. The van der Waals surface area contributed by atoms with Crippen molar-refractivity contribution < 1.29 is 9.72 Å². The fourth-order valence-corrected chi connectivity index (χ4v) is 2.02. The van der Waals surface area contributed by atoms with Gasteiger partial charge in [0.1, 0.15) is 0 Å². The Morgan fingerprint density at radius 2 is 2.21 bits per heavy atom. The van der Waals surface area contributed by atoms with Crippen molar-refractivity contribution in [1.29, 1.82) is 0 Å². The summed E-state index contributed by atoms with van der Waals surface area (Å²) in [4.78, 5) is 22.1. The molecule has 0 aromatic heterocycles. The smallest absolute Gasteiger partial charge is 0.272 e. The molecule has 0 bridgehead atoms. The minimum Gasteiger partial charge on any atom is -0.351 e. The summed E-state index contributed by atoms with van der Waals surface area (Å²) in [7, 11) is 0. The normalized spacial score (nSPS) is 11.9. The van der Waals surface area contributed by atoms with Gasteiger partial charge >= 0.3 is 0 Å². The van der Waals surface area contributed by atoms with Gasteiger partial charge in [-0.1, -0.05) is 13.3 Å². The number of nitrogens with one attached hydrogen (secondary N) is 1. The van der Waals surface area contributed by atoms with Gasteiger partial charge in [-0.3, -0.25) is 14.9 Å². The first kappa shape index (κ1) is 15.4. The van der Waals surface area contributed by atoms with E-state index in [1.807, 2.05) is 6.92 Å². The van der Waals surface area contributed by atoms with Crippen LogP contribution < -0.4 is 5.32 Å². The van der Waals surface area contributed by atoms with Crippen molar-refractivity contribution in [2.75, 3.05) is 6.54 Å². The Kier molecular flexibility index (Phi) is 5.76.